The first-order valence-electron chi connectivity index (χ1n) is 12.0. The van der Waals surface area contributed by atoms with Crippen molar-refractivity contribution in [3.63, 3.8) is 0 Å². The molecule has 0 radical (unpaired) electrons. The van der Waals surface area contributed by atoms with Crippen LogP contribution in [0.25, 0.3) is 43.8 Å². The van der Waals surface area contributed by atoms with Gasteiger partial charge in [-0.15, -0.1) is 0 Å². The lowest BCUT2D eigenvalue weighted by atomic mass is 9.90. The molecule has 5 rings (SSSR count). The quantitative estimate of drug-likeness (QED) is 0.295. The van der Waals surface area contributed by atoms with E-state index in [1.54, 1.807) is 12.1 Å². The van der Waals surface area contributed by atoms with Gasteiger partial charge in [-0.05, 0) is 55.9 Å². The lowest BCUT2D eigenvalue weighted by molar-refractivity contribution is 1.64. The highest BCUT2D eigenvalue weighted by Crippen LogP contribution is 2.38. The molecule has 0 unspecified atom stereocenters. The summed E-state index contributed by atoms with van der Waals surface area (Å²) in [4.78, 5) is 0. The molecule has 0 aliphatic heterocycles. The normalized spacial score (nSPS) is 14.8. The van der Waals surface area contributed by atoms with Crippen LogP contribution in [-0.2, 0) is 0 Å². The van der Waals surface area contributed by atoms with E-state index >= 15 is 0 Å². The van der Waals surface area contributed by atoms with Crippen molar-refractivity contribution < 1.29 is 9.60 Å². The van der Waals surface area contributed by atoms with E-state index < -0.39 is 12.1 Å². The Kier molecular flexibility index (Phi) is 2.51. The molecule has 0 atom stereocenters. The Morgan fingerprint density at radius 3 is 2.19 bits per heavy atom. The Labute approximate surface area is 173 Å². The highest BCUT2D eigenvalue weighted by atomic mass is 35.5. The van der Waals surface area contributed by atoms with Crippen molar-refractivity contribution in [1.29, 1.82) is 0 Å². The smallest absolute Gasteiger partial charge is 0.0629 e. The highest BCUT2D eigenvalue weighted by Gasteiger charge is 2.11. The summed E-state index contributed by atoms with van der Waals surface area (Å²) >= 11 is 6.22. The summed E-state index contributed by atoms with van der Waals surface area (Å²) in [6.45, 7) is 0. The molecule has 0 saturated carbocycles. The van der Waals surface area contributed by atoms with Gasteiger partial charge >= 0.3 is 0 Å². The van der Waals surface area contributed by atoms with E-state index in [2.05, 4.69) is 0 Å². The van der Waals surface area contributed by atoms with Crippen LogP contribution in [0.2, 0.25) is 5.02 Å². The standard InChI is InChI=1S/C26H17Cl/c27-20-10-5-9-19(17-20)22-15-16-26(25-13-4-3-12-23(22)25)24-14-6-8-18-7-1-2-11-21(18)24/h1-17H/i1D,2D,6D,7D,8D,11D,14D. The minimum absolute atomic E-state index is 0.0509. The number of hydrogen-bond donors (Lipinski definition) is 0. The summed E-state index contributed by atoms with van der Waals surface area (Å²) < 4.78 is 58.5. The van der Waals surface area contributed by atoms with Crippen LogP contribution >= 0.6 is 11.6 Å². The summed E-state index contributed by atoms with van der Waals surface area (Å²) in [5.41, 5.74) is 2.62. The molecule has 5 aromatic rings. The summed E-state index contributed by atoms with van der Waals surface area (Å²) in [5, 5.41) is 2.27. The fraction of sp³-hybridized carbons (Fsp3) is 0. The Balaban J connectivity index is 1.96. The van der Waals surface area contributed by atoms with E-state index in [1.807, 2.05) is 48.5 Å². The molecule has 0 heterocycles. The van der Waals surface area contributed by atoms with Crippen molar-refractivity contribution in [2.45, 2.75) is 0 Å². The Morgan fingerprint density at radius 2 is 1.33 bits per heavy atom. The molecule has 27 heavy (non-hydrogen) atoms. The molecule has 128 valence electrons. The van der Waals surface area contributed by atoms with Crippen LogP contribution in [-0.4, -0.2) is 0 Å². The minimum Gasteiger partial charge on any atom is -0.0843 e. The molecular formula is C26H17Cl. The van der Waals surface area contributed by atoms with E-state index in [-0.39, 0.29) is 46.5 Å². The van der Waals surface area contributed by atoms with Crippen molar-refractivity contribution in [3.8, 4) is 22.3 Å². The van der Waals surface area contributed by atoms with Crippen molar-refractivity contribution in [3.05, 3.63) is 108 Å². The average Bonchev–Trinajstić information content (AvgIpc) is 2.84. The van der Waals surface area contributed by atoms with E-state index in [4.69, 9.17) is 21.2 Å². The number of fused-ring (bicyclic) bond motifs is 2. The molecule has 0 fully saturated rings. The fourth-order valence-electron chi connectivity index (χ4n) is 3.44. The van der Waals surface area contributed by atoms with Crippen LogP contribution in [0.4, 0.5) is 0 Å². The third-order valence-electron chi connectivity index (χ3n) is 4.64. The van der Waals surface area contributed by atoms with Crippen LogP contribution in [0.1, 0.15) is 9.60 Å². The number of halogens is 1. The first-order chi connectivity index (χ1) is 16.2. The van der Waals surface area contributed by atoms with Gasteiger partial charge in [-0.2, -0.15) is 0 Å². The molecule has 1 heteroatoms. The van der Waals surface area contributed by atoms with Crippen LogP contribution in [0.5, 0.6) is 0 Å². The maximum atomic E-state index is 8.69. The zero-order valence-electron chi connectivity index (χ0n) is 21.2. The van der Waals surface area contributed by atoms with Gasteiger partial charge in [0.1, 0.15) is 0 Å². The molecule has 0 N–H and O–H groups in total. The molecule has 0 spiro atoms. The van der Waals surface area contributed by atoms with Crippen molar-refractivity contribution in [2.75, 3.05) is 0 Å². The predicted octanol–water partition coefficient (Wildman–Crippen LogP) is 7.98. The van der Waals surface area contributed by atoms with Gasteiger partial charge in [-0.1, -0.05) is 102 Å². The highest BCUT2D eigenvalue weighted by molar-refractivity contribution is 6.31. The van der Waals surface area contributed by atoms with Crippen LogP contribution in [0.15, 0.2) is 103 Å². The number of rotatable bonds is 2. The average molecular weight is 372 g/mol. The van der Waals surface area contributed by atoms with Gasteiger partial charge < -0.3 is 0 Å². The van der Waals surface area contributed by atoms with Crippen molar-refractivity contribution in [2.24, 2.45) is 0 Å². The lowest BCUT2D eigenvalue weighted by Gasteiger charge is -2.14. The molecule has 0 aliphatic rings. The fourth-order valence-corrected chi connectivity index (χ4v) is 3.63. The van der Waals surface area contributed by atoms with Gasteiger partial charge in [0.2, 0.25) is 0 Å². The van der Waals surface area contributed by atoms with E-state index in [1.165, 1.54) is 0 Å². The largest absolute Gasteiger partial charge is 0.0843 e. The maximum absolute atomic E-state index is 8.69. The zero-order valence-corrected chi connectivity index (χ0v) is 14.9. The van der Waals surface area contributed by atoms with Crippen molar-refractivity contribution >= 4 is 33.1 Å². The van der Waals surface area contributed by atoms with Crippen LogP contribution < -0.4 is 0 Å². The van der Waals surface area contributed by atoms with Gasteiger partial charge in [0, 0.05) is 5.02 Å². The summed E-state index contributed by atoms with van der Waals surface area (Å²) in [6.07, 6.45) is 0. The van der Waals surface area contributed by atoms with E-state index in [9.17, 15) is 0 Å². The third kappa shape index (κ3) is 2.79. The van der Waals surface area contributed by atoms with Gasteiger partial charge in [-0.25, -0.2) is 0 Å². The minimum atomic E-state index is -0.463. The lowest BCUT2D eigenvalue weighted by Crippen LogP contribution is -1.87. The Hall–Kier alpha value is -3.09. The number of benzene rings is 5. The predicted molar refractivity (Wildman–Crippen MR) is 117 cm³/mol. The molecule has 0 nitrogen and oxygen atoms in total. The molecule has 0 saturated heterocycles. The van der Waals surface area contributed by atoms with E-state index in [0.717, 1.165) is 21.9 Å². The molecule has 0 aliphatic carbocycles. The molecular weight excluding hydrogens is 348 g/mol. The summed E-state index contributed by atoms with van der Waals surface area (Å²) in [5.74, 6) is 0. The third-order valence-corrected chi connectivity index (χ3v) is 4.88. The second-order valence-electron chi connectivity index (χ2n) is 6.22. The van der Waals surface area contributed by atoms with Gasteiger partial charge in [0.25, 0.3) is 0 Å². The van der Waals surface area contributed by atoms with Gasteiger partial charge in [0.15, 0.2) is 0 Å². The monoisotopic (exact) mass is 371 g/mol. The van der Waals surface area contributed by atoms with Gasteiger partial charge in [0.05, 0.1) is 9.60 Å². The van der Waals surface area contributed by atoms with E-state index in [0.29, 0.717) is 10.6 Å². The van der Waals surface area contributed by atoms with Crippen LogP contribution in [0.3, 0.4) is 0 Å². The topological polar surface area (TPSA) is 0 Å². The van der Waals surface area contributed by atoms with Crippen LogP contribution in [0, 0.1) is 0 Å². The summed E-state index contributed by atoms with van der Waals surface area (Å²) in [6, 6.07) is 16.1. The molecule has 0 amide bonds. The first kappa shape index (κ1) is 10.3. The second kappa shape index (κ2) is 6.57. The molecule has 5 aromatic carbocycles. The molecule has 0 aromatic heterocycles. The number of hydrogen-bond acceptors (Lipinski definition) is 0. The first-order valence-corrected chi connectivity index (χ1v) is 8.88. The molecule has 0 bridgehead atoms. The SMILES string of the molecule is [2H]c1c([2H])c([2H])c2c(-c3ccc(-c4cccc(Cl)c4)c4ccccc34)c([2H])c([2H])c([2H])c2c1[2H]. The summed E-state index contributed by atoms with van der Waals surface area (Å²) in [7, 11) is 0. The Bertz CT molecular complexity index is 1640. The zero-order chi connectivity index (χ0) is 24.3. The maximum Gasteiger partial charge on any atom is 0.0629 e. The second-order valence-corrected chi connectivity index (χ2v) is 6.65. The van der Waals surface area contributed by atoms with Crippen molar-refractivity contribution in [1.82, 2.24) is 0 Å². The Morgan fingerprint density at radius 1 is 0.593 bits per heavy atom. The van der Waals surface area contributed by atoms with Gasteiger partial charge in [-0.3, -0.25) is 0 Å².